The Morgan fingerprint density at radius 3 is 1.58 bits per heavy atom. The van der Waals surface area contributed by atoms with Crippen LogP contribution in [0, 0.1) is 0 Å². The van der Waals surface area contributed by atoms with E-state index in [2.05, 4.69) is 9.97 Å². The zero-order valence-corrected chi connectivity index (χ0v) is 19.2. The van der Waals surface area contributed by atoms with Crippen molar-refractivity contribution in [2.45, 2.75) is 0 Å². The van der Waals surface area contributed by atoms with Gasteiger partial charge in [0.1, 0.15) is 0 Å². The van der Waals surface area contributed by atoms with Crippen LogP contribution in [0.15, 0.2) is 36.5 Å². The molecule has 0 aliphatic rings. The molecule has 2 heterocycles. The van der Waals surface area contributed by atoms with E-state index in [1.54, 1.807) is 65.5 Å². The van der Waals surface area contributed by atoms with Gasteiger partial charge in [-0.3, -0.25) is 0 Å². The van der Waals surface area contributed by atoms with E-state index in [-0.39, 0.29) is 0 Å². The quantitative estimate of drug-likeness (QED) is 0.398. The van der Waals surface area contributed by atoms with Gasteiger partial charge in [0.15, 0.2) is 28.8 Å². The highest BCUT2D eigenvalue weighted by Crippen LogP contribution is 2.42. The fourth-order valence-corrected chi connectivity index (χ4v) is 3.57. The van der Waals surface area contributed by atoms with Crippen LogP contribution in [-0.2, 0) is 0 Å². The minimum atomic E-state index is 0.421. The van der Waals surface area contributed by atoms with Crippen LogP contribution in [0.1, 0.15) is 0 Å². The van der Waals surface area contributed by atoms with E-state index in [9.17, 15) is 0 Å². The number of benzene rings is 2. The maximum Gasteiger partial charge on any atom is 0.253 e. The second kappa shape index (κ2) is 9.11. The molecular formula is C23H24N4O6. The van der Waals surface area contributed by atoms with Crippen LogP contribution in [0.3, 0.4) is 0 Å². The largest absolute Gasteiger partial charge is 0.493 e. The number of fused-ring (bicyclic) bond motifs is 1. The maximum atomic E-state index is 5.49. The van der Waals surface area contributed by atoms with E-state index in [1.807, 2.05) is 18.2 Å². The molecule has 0 atom stereocenters. The Hall–Kier alpha value is -4.21. The molecule has 4 aromatic rings. The molecule has 0 unspecified atom stereocenters. The fraction of sp³-hybridized carbons (Fsp3) is 0.261. The lowest BCUT2D eigenvalue weighted by Gasteiger charge is -2.14. The first kappa shape index (κ1) is 22.0. The Labute approximate surface area is 190 Å². The van der Waals surface area contributed by atoms with Crippen molar-refractivity contribution in [2.75, 3.05) is 42.7 Å². The maximum absolute atomic E-state index is 5.49. The molecule has 0 aliphatic heterocycles. The number of hydrogen-bond acceptors (Lipinski definition) is 9. The second-order valence-electron chi connectivity index (χ2n) is 6.81. The van der Waals surface area contributed by atoms with Gasteiger partial charge in [-0.2, -0.15) is 9.50 Å². The fourth-order valence-electron chi connectivity index (χ4n) is 3.57. The molecule has 0 saturated heterocycles. The van der Waals surface area contributed by atoms with Crippen molar-refractivity contribution in [3.63, 3.8) is 0 Å². The number of hydrogen-bond donors (Lipinski definition) is 0. The van der Waals surface area contributed by atoms with Crippen LogP contribution in [-0.4, -0.2) is 62.2 Å². The minimum absolute atomic E-state index is 0.421. The summed E-state index contributed by atoms with van der Waals surface area (Å²) in [6, 6.07) is 9.10. The van der Waals surface area contributed by atoms with E-state index in [0.29, 0.717) is 51.7 Å². The highest BCUT2D eigenvalue weighted by Gasteiger charge is 2.20. The van der Waals surface area contributed by atoms with Crippen molar-refractivity contribution in [1.82, 2.24) is 19.6 Å². The summed E-state index contributed by atoms with van der Waals surface area (Å²) in [5.41, 5.74) is 2.22. The number of rotatable bonds is 8. The molecule has 0 fully saturated rings. The Morgan fingerprint density at radius 1 is 0.636 bits per heavy atom. The first-order valence-corrected chi connectivity index (χ1v) is 9.91. The summed E-state index contributed by atoms with van der Waals surface area (Å²) in [6.07, 6.45) is 1.67. The molecule has 0 radical (unpaired) electrons. The topological polar surface area (TPSA) is 98.5 Å². The summed E-state index contributed by atoms with van der Waals surface area (Å²) in [5.74, 6) is 3.93. The van der Waals surface area contributed by atoms with Gasteiger partial charge in [0.05, 0.1) is 48.4 Å². The lowest BCUT2D eigenvalue weighted by atomic mass is 10.1. The van der Waals surface area contributed by atoms with Gasteiger partial charge in [-0.25, -0.2) is 4.98 Å². The van der Waals surface area contributed by atoms with E-state index < -0.39 is 0 Å². The van der Waals surface area contributed by atoms with Crippen molar-refractivity contribution < 1.29 is 28.4 Å². The van der Waals surface area contributed by atoms with Gasteiger partial charge in [0.2, 0.25) is 11.5 Å². The molecule has 2 aromatic carbocycles. The third-order valence-electron chi connectivity index (χ3n) is 5.12. The van der Waals surface area contributed by atoms with Crippen LogP contribution < -0.4 is 28.4 Å². The highest BCUT2D eigenvalue weighted by molar-refractivity contribution is 5.71. The van der Waals surface area contributed by atoms with Gasteiger partial charge in [0, 0.05) is 17.3 Å². The van der Waals surface area contributed by atoms with Gasteiger partial charge in [-0.05, 0) is 30.3 Å². The van der Waals surface area contributed by atoms with Gasteiger partial charge in [-0.1, -0.05) is 0 Å². The van der Waals surface area contributed by atoms with Gasteiger partial charge in [0.25, 0.3) is 5.78 Å². The molecule has 0 N–H and O–H groups in total. The summed E-state index contributed by atoms with van der Waals surface area (Å²) >= 11 is 0. The molecule has 0 aliphatic carbocycles. The van der Waals surface area contributed by atoms with E-state index in [4.69, 9.17) is 33.5 Å². The van der Waals surface area contributed by atoms with E-state index >= 15 is 0 Å². The smallest absolute Gasteiger partial charge is 0.253 e. The van der Waals surface area contributed by atoms with Gasteiger partial charge < -0.3 is 28.4 Å². The first-order chi connectivity index (χ1) is 16.1. The molecule has 172 valence electrons. The molecule has 2 aromatic heterocycles. The van der Waals surface area contributed by atoms with Crippen molar-refractivity contribution in [2.24, 2.45) is 0 Å². The Balaban J connectivity index is 1.89. The first-order valence-electron chi connectivity index (χ1n) is 9.91. The predicted molar refractivity (Wildman–Crippen MR) is 121 cm³/mol. The number of aromatic nitrogens is 4. The monoisotopic (exact) mass is 452 g/mol. The summed E-state index contributed by atoms with van der Waals surface area (Å²) < 4.78 is 34.4. The van der Waals surface area contributed by atoms with Crippen molar-refractivity contribution >= 4 is 5.78 Å². The SMILES string of the molecule is COc1cc(-c2nc3nccc(-c4cc(OC)c(OC)c(OC)c4)n3n2)cc(OC)c1OC. The lowest BCUT2D eigenvalue weighted by molar-refractivity contribution is 0.324. The van der Waals surface area contributed by atoms with Crippen LogP contribution in [0.2, 0.25) is 0 Å². The Bertz CT molecular complexity index is 1250. The van der Waals surface area contributed by atoms with Gasteiger partial charge >= 0.3 is 0 Å². The molecule has 10 heteroatoms. The zero-order valence-electron chi connectivity index (χ0n) is 19.2. The molecule has 33 heavy (non-hydrogen) atoms. The molecule has 4 rings (SSSR count). The molecule has 10 nitrogen and oxygen atoms in total. The second-order valence-corrected chi connectivity index (χ2v) is 6.81. The van der Waals surface area contributed by atoms with E-state index in [0.717, 1.165) is 11.3 Å². The minimum Gasteiger partial charge on any atom is -0.493 e. The predicted octanol–water partition coefficient (Wildman–Crippen LogP) is 3.51. The number of methoxy groups -OCH3 is 6. The third kappa shape index (κ3) is 3.79. The number of nitrogens with zero attached hydrogens (tertiary/aromatic N) is 4. The normalized spacial score (nSPS) is 10.7. The Kier molecular flexibility index (Phi) is 6.07. The lowest BCUT2D eigenvalue weighted by Crippen LogP contribution is -1.99. The molecule has 0 amide bonds. The zero-order chi connectivity index (χ0) is 23.5. The van der Waals surface area contributed by atoms with Crippen molar-refractivity contribution in [1.29, 1.82) is 0 Å². The number of ether oxygens (including phenoxy) is 6. The van der Waals surface area contributed by atoms with Crippen molar-refractivity contribution in [3.05, 3.63) is 36.5 Å². The summed E-state index contributed by atoms with van der Waals surface area (Å²) in [7, 11) is 9.37. The standard InChI is InChI=1S/C23H24N4O6/c1-28-16-9-13(10-17(29-2)20(16)32-5)15-7-8-24-23-25-22(26-27(15)23)14-11-18(30-3)21(33-6)19(12-14)31-4/h7-12H,1-6H3. The third-order valence-corrected chi connectivity index (χ3v) is 5.12. The van der Waals surface area contributed by atoms with Crippen LogP contribution in [0.4, 0.5) is 0 Å². The van der Waals surface area contributed by atoms with Crippen LogP contribution in [0.25, 0.3) is 28.4 Å². The van der Waals surface area contributed by atoms with Crippen LogP contribution in [0.5, 0.6) is 34.5 Å². The molecule has 0 saturated carbocycles. The molecule has 0 bridgehead atoms. The van der Waals surface area contributed by atoms with Crippen LogP contribution >= 0.6 is 0 Å². The molecular weight excluding hydrogens is 428 g/mol. The van der Waals surface area contributed by atoms with E-state index in [1.165, 1.54) is 0 Å². The average Bonchev–Trinajstić information content (AvgIpc) is 3.31. The van der Waals surface area contributed by atoms with Crippen molar-refractivity contribution in [3.8, 4) is 57.1 Å². The summed E-state index contributed by atoms with van der Waals surface area (Å²) in [6.45, 7) is 0. The summed E-state index contributed by atoms with van der Waals surface area (Å²) in [5, 5.41) is 4.70. The average molecular weight is 452 g/mol. The molecule has 0 spiro atoms. The van der Waals surface area contributed by atoms with Gasteiger partial charge in [-0.15, -0.1) is 5.10 Å². The summed E-state index contributed by atoms with van der Waals surface area (Å²) in [4.78, 5) is 8.96. The highest BCUT2D eigenvalue weighted by atomic mass is 16.5. The Morgan fingerprint density at radius 2 is 1.12 bits per heavy atom.